The number of amides is 1. The molecule has 4 nitrogen and oxygen atoms in total. The highest BCUT2D eigenvalue weighted by molar-refractivity contribution is 6.30. The number of halogens is 1. The van der Waals surface area contributed by atoms with E-state index in [1.807, 2.05) is 50.2 Å². The fourth-order valence-corrected chi connectivity index (χ4v) is 4.42. The van der Waals surface area contributed by atoms with E-state index in [2.05, 4.69) is 11.4 Å². The fourth-order valence-electron chi connectivity index (χ4n) is 4.29. The Morgan fingerprint density at radius 1 is 1.21 bits per heavy atom. The van der Waals surface area contributed by atoms with Gasteiger partial charge in [-0.25, -0.2) is 0 Å². The lowest BCUT2D eigenvalue weighted by Crippen LogP contribution is -2.23. The average molecular weight is 464 g/mol. The summed E-state index contributed by atoms with van der Waals surface area (Å²) in [6.45, 7) is 5.07. The van der Waals surface area contributed by atoms with Crippen molar-refractivity contribution in [2.75, 3.05) is 13.2 Å². The molecule has 0 spiro atoms. The number of ether oxygens (including phenoxy) is 1. The van der Waals surface area contributed by atoms with Gasteiger partial charge in [0.25, 0.3) is 0 Å². The van der Waals surface area contributed by atoms with E-state index in [9.17, 15) is 4.79 Å². The van der Waals surface area contributed by atoms with Gasteiger partial charge >= 0.3 is 0 Å². The Kier molecular flexibility index (Phi) is 7.56. The molecule has 1 aliphatic carbocycles. The Bertz CT molecular complexity index is 1190. The predicted octanol–water partition coefficient (Wildman–Crippen LogP) is 7.56. The van der Waals surface area contributed by atoms with E-state index in [0.717, 1.165) is 52.5 Å². The van der Waals surface area contributed by atoms with Gasteiger partial charge in [-0.3, -0.25) is 4.79 Å². The number of carbonyl (C=O) groups is 1. The van der Waals surface area contributed by atoms with Crippen LogP contribution in [0, 0.1) is 0 Å². The van der Waals surface area contributed by atoms with E-state index in [1.165, 1.54) is 18.4 Å². The molecule has 1 aromatic heterocycles. The first-order chi connectivity index (χ1) is 16.0. The van der Waals surface area contributed by atoms with Crippen LogP contribution in [-0.4, -0.2) is 19.1 Å². The molecule has 0 aliphatic heterocycles. The van der Waals surface area contributed by atoms with Crippen molar-refractivity contribution >= 4 is 34.1 Å². The van der Waals surface area contributed by atoms with Crippen molar-refractivity contribution < 1.29 is 13.9 Å². The maximum Gasteiger partial charge on any atom is 0.244 e. The lowest BCUT2D eigenvalue weighted by atomic mass is 9.97. The molecule has 172 valence electrons. The summed E-state index contributed by atoms with van der Waals surface area (Å²) in [6, 6.07) is 11.6. The molecule has 1 N–H and O–H groups in total. The Morgan fingerprint density at radius 2 is 2.03 bits per heavy atom. The second kappa shape index (κ2) is 10.8. The molecular weight excluding hydrogens is 434 g/mol. The zero-order valence-electron chi connectivity index (χ0n) is 19.2. The van der Waals surface area contributed by atoms with E-state index >= 15 is 0 Å². The highest BCUT2D eigenvalue weighted by Crippen LogP contribution is 2.37. The molecule has 1 amide bonds. The second-order valence-electron chi connectivity index (χ2n) is 8.41. The van der Waals surface area contributed by atoms with Crippen molar-refractivity contribution in [1.29, 1.82) is 0 Å². The molecule has 0 saturated heterocycles. The Balaban J connectivity index is 1.58. The minimum atomic E-state index is -0.0865. The van der Waals surface area contributed by atoms with E-state index in [0.29, 0.717) is 23.9 Å². The van der Waals surface area contributed by atoms with Crippen LogP contribution < -0.4 is 10.1 Å². The van der Waals surface area contributed by atoms with Gasteiger partial charge < -0.3 is 14.5 Å². The maximum atomic E-state index is 12.6. The first-order valence-corrected chi connectivity index (χ1v) is 12.0. The van der Waals surface area contributed by atoms with Gasteiger partial charge in [-0.05, 0) is 75.3 Å². The summed E-state index contributed by atoms with van der Waals surface area (Å²) in [5, 5.41) is 4.68. The topological polar surface area (TPSA) is 51.5 Å². The quantitative estimate of drug-likeness (QED) is 0.277. The summed E-state index contributed by atoms with van der Waals surface area (Å²) in [5.74, 6) is 0.618. The molecule has 0 radical (unpaired) electrons. The van der Waals surface area contributed by atoms with Crippen molar-refractivity contribution in [2.24, 2.45) is 0 Å². The van der Waals surface area contributed by atoms with Gasteiger partial charge in [0.15, 0.2) is 0 Å². The summed E-state index contributed by atoms with van der Waals surface area (Å²) >= 11 is 6.05. The van der Waals surface area contributed by atoms with Gasteiger partial charge in [-0.1, -0.05) is 35.4 Å². The summed E-state index contributed by atoms with van der Waals surface area (Å²) in [6.07, 6.45) is 11.5. The molecule has 3 aromatic rings. The molecule has 4 rings (SSSR count). The zero-order chi connectivity index (χ0) is 23.2. The first-order valence-electron chi connectivity index (χ1n) is 11.6. The summed E-state index contributed by atoms with van der Waals surface area (Å²) in [7, 11) is 0. The number of benzene rings is 2. The van der Waals surface area contributed by atoms with Crippen LogP contribution in [0.15, 0.2) is 64.8 Å². The molecule has 33 heavy (non-hydrogen) atoms. The third-order valence-electron chi connectivity index (χ3n) is 6.03. The van der Waals surface area contributed by atoms with Crippen molar-refractivity contribution in [3.05, 3.63) is 71.0 Å². The molecule has 2 aromatic carbocycles. The minimum Gasteiger partial charge on any atom is -0.493 e. The number of fused-ring (bicyclic) bond motifs is 1. The van der Waals surface area contributed by atoms with Crippen molar-refractivity contribution in [2.45, 2.75) is 46.0 Å². The molecule has 0 atom stereocenters. The van der Waals surface area contributed by atoms with Gasteiger partial charge in [0, 0.05) is 40.2 Å². The van der Waals surface area contributed by atoms with Crippen LogP contribution in [0.25, 0.3) is 27.7 Å². The second-order valence-corrected chi connectivity index (χ2v) is 8.85. The number of allylic oxidation sites excluding steroid dienone is 2. The van der Waals surface area contributed by atoms with Crippen LogP contribution >= 0.6 is 11.6 Å². The Labute approximate surface area is 200 Å². The number of carbonyl (C=O) groups excluding carboxylic acids is 1. The van der Waals surface area contributed by atoms with Gasteiger partial charge in [0.2, 0.25) is 5.91 Å². The van der Waals surface area contributed by atoms with E-state index in [1.54, 1.807) is 12.3 Å². The van der Waals surface area contributed by atoms with Crippen LogP contribution in [0.2, 0.25) is 5.02 Å². The molecule has 0 bridgehead atoms. The van der Waals surface area contributed by atoms with Gasteiger partial charge in [-0.15, -0.1) is 0 Å². The highest BCUT2D eigenvalue weighted by atomic mass is 35.5. The Morgan fingerprint density at radius 3 is 2.76 bits per heavy atom. The minimum absolute atomic E-state index is 0.0865. The van der Waals surface area contributed by atoms with E-state index < -0.39 is 0 Å². The van der Waals surface area contributed by atoms with Crippen LogP contribution in [0.3, 0.4) is 0 Å². The SMILES string of the molecule is CCOc1cc2occ(-c3ccc(Cl)cc3)c2cc1/C(C)=C/C(=O)NCCC1=CCCCC1. The summed E-state index contributed by atoms with van der Waals surface area (Å²) in [4.78, 5) is 12.6. The van der Waals surface area contributed by atoms with Gasteiger partial charge in [0.1, 0.15) is 11.3 Å². The average Bonchev–Trinajstić information content (AvgIpc) is 3.23. The van der Waals surface area contributed by atoms with Gasteiger partial charge in [-0.2, -0.15) is 0 Å². The molecular formula is C28H30ClNO3. The number of rotatable bonds is 8. The zero-order valence-corrected chi connectivity index (χ0v) is 20.0. The smallest absolute Gasteiger partial charge is 0.244 e. The van der Waals surface area contributed by atoms with Crippen LogP contribution in [0.5, 0.6) is 5.75 Å². The van der Waals surface area contributed by atoms with Crippen molar-refractivity contribution in [1.82, 2.24) is 5.32 Å². The fraction of sp³-hybridized carbons (Fsp3) is 0.321. The standard InChI is InChI=1S/C28H30ClNO3/c1-3-32-26-17-27-24(25(18-33-27)21-9-11-22(29)12-10-21)16-23(26)19(2)15-28(31)30-14-13-20-7-5-4-6-8-20/h7,9-12,15-18H,3-6,8,13-14H2,1-2H3,(H,30,31)/b19-15+. The summed E-state index contributed by atoms with van der Waals surface area (Å²) in [5.41, 5.74) is 5.92. The lowest BCUT2D eigenvalue weighted by Gasteiger charge is -2.13. The highest BCUT2D eigenvalue weighted by Gasteiger charge is 2.15. The first kappa shape index (κ1) is 23.2. The molecule has 1 aliphatic rings. The van der Waals surface area contributed by atoms with Crippen molar-refractivity contribution in [3.8, 4) is 16.9 Å². The number of nitrogens with one attached hydrogen (secondary N) is 1. The lowest BCUT2D eigenvalue weighted by molar-refractivity contribution is -0.116. The van der Waals surface area contributed by atoms with Crippen LogP contribution in [-0.2, 0) is 4.79 Å². The van der Waals surface area contributed by atoms with E-state index in [-0.39, 0.29) is 5.91 Å². The van der Waals surface area contributed by atoms with E-state index in [4.69, 9.17) is 20.8 Å². The summed E-state index contributed by atoms with van der Waals surface area (Å²) < 4.78 is 11.7. The van der Waals surface area contributed by atoms with Crippen LogP contribution in [0.4, 0.5) is 0 Å². The number of hydrogen-bond acceptors (Lipinski definition) is 3. The predicted molar refractivity (Wildman–Crippen MR) is 136 cm³/mol. The maximum absolute atomic E-state index is 12.6. The largest absolute Gasteiger partial charge is 0.493 e. The molecule has 0 unspecified atom stereocenters. The molecule has 1 heterocycles. The Hall–Kier alpha value is -2.98. The van der Waals surface area contributed by atoms with Crippen LogP contribution in [0.1, 0.15) is 51.5 Å². The third-order valence-corrected chi connectivity index (χ3v) is 6.29. The normalized spacial score (nSPS) is 14.3. The van der Waals surface area contributed by atoms with Crippen molar-refractivity contribution in [3.63, 3.8) is 0 Å². The molecule has 0 saturated carbocycles. The molecule has 0 fully saturated rings. The number of hydrogen-bond donors (Lipinski definition) is 1. The van der Waals surface area contributed by atoms with Gasteiger partial charge in [0.05, 0.1) is 12.9 Å². The number of furan rings is 1. The monoisotopic (exact) mass is 463 g/mol. The molecule has 5 heteroatoms. The third kappa shape index (κ3) is 5.69.